The van der Waals surface area contributed by atoms with E-state index in [4.69, 9.17) is 10.5 Å². The molecule has 0 aliphatic rings. The van der Waals surface area contributed by atoms with Gasteiger partial charge in [0.2, 0.25) is 0 Å². The van der Waals surface area contributed by atoms with Crippen LogP contribution in [-0.2, 0) is 6.54 Å². The van der Waals surface area contributed by atoms with Crippen molar-refractivity contribution < 1.29 is 4.74 Å². The lowest BCUT2D eigenvalue weighted by atomic mass is 10.4. The Morgan fingerprint density at radius 3 is 3.00 bits per heavy atom. The van der Waals surface area contributed by atoms with E-state index >= 15 is 0 Å². The van der Waals surface area contributed by atoms with Crippen molar-refractivity contribution in [3.8, 4) is 5.75 Å². The van der Waals surface area contributed by atoms with Gasteiger partial charge >= 0.3 is 0 Å². The van der Waals surface area contributed by atoms with E-state index in [1.807, 2.05) is 22.7 Å². The summed E-state index contributed by atoms with van der Waals surface area (Å²) in [6.45, 7) is 2.19. The van der Waals surface area contributed by atoms with Gasteiger partial charge in [-0.15, -0.1) is 0 Å². The molecule has 0 saturated carbocycles. The van der Waals surface area contributed by atoms with Gasteiger partial charge in [-0.2, -0.15) is 0 Å². The number of hydrogen-bond donors (Lipinski definition) is 1. The minimum absolute atomic E-state index is 0.477. The maximum absolute atomic E-state index is 5.78. The lowest BCUT2D eigenvalue weighted by Gasteiger charge is -2.11. The monoisotopic (exact) mass is 248 g/mol. The zero-order chi connectivity index (χ0) is 13.0. The van der Waals surface area contributed by atoms with E-state index in [9.17, 15) is 0 Å². The Bertz CT molecular complexity index is 507. The van der Waals surface area contributed by atoms with Crippen LogP contribution >= 0.6 is 0 Å². The minimum atomic E-state index is 0.477. The molecule has 0 amide bonds. The van der Waals surface area contributed by atoms with Crippen molar-refractivity contribution in [3.63, 3.8) is 0 Å². The van der Waals surface area contributed by atoms with E-state index < -0.39 is 0 Å². The van der Waals surface area contributed by atoms with Crippen LogP contribution in [0.4, 0.5) is 0 Å². The molecule has 18 heavy (non-hydrogen) atoms. The van der Waals surface area contributed by atoms with Gasteiger partial charge in [0, 0.05) is 19.3 Å². The molecule has 5 nitrogen and oxygen atoms in total. The van der Waals surface area contributed by atoms with Gasteiger partial charge < -0.3 is 15.4 Å². The Balaban J connectivity index is 2.06. The van der Waals surface area contributed by atoms with E-state index in [-0.39, 0.29) is 0 Å². The van der Waals surface area contributed by atoms with Crippen molar-refractivity contribution >= 4 is 5.65 Å². The van der Waals surface area contributed by atoms with Crippen molar-refractivity contribution in [2.75, 3.05) is 27.2 Å². The number of pyridine rings is 1. The Kier molecular flexibility index (Phi) is 4.17. The first kappa shape index (κ1) is 12.9. The molecule has 98 valence electrons. The number of fused-ring (bicyclic) bond motifs is 1. The summed E-state index contributed by atoms with van der Waals surface area (Å²) in [5.74, 6) is 0.816. The molecule has 0 spiro atoms. The van der Waals surface area contributed by atoms with Gasteiger partial charge in [-0.25, -0.2) is 4.98 Å². The maximum atomic E-state index is 5.78. The van der Waals surface area contributed by atoms with E-state index in [1.54, 1.807) is 6.20 Å². The normalized spacial score (nSPS) is 11.3. The van der Waals surface area contributed by atoms with Crippen LogP contribution in [-0.4, -0.2) is 41.5 Å². The third-order valence-corrected chi connectivity index (χ3v) is 2.79. The van der Waals surface area contributed by atoms with Gasteiger partial charge in [0.1, 0.15) is 0 Å². The zero-order valence-electron chi connectivity index (χ0n) is 11.0. The van der Waals surface area contributed by atoms with Crippen LogP contribution in [0.5, 0.6) is 5.75 Å². The fourth-order valence-electron chi connectivity index (χ4n) is 1.86. The predicted molar refractivity (Wildman–Crippen MR) is 71.7 cm³/mol. The number of ether oxygens (including phenoxy) is 1. The Morgan fingerprint density at radius 1 is 1.44 bits per heavy atom. The third kappa shape index (κ3) is 2.80. The highest BCUT2D eigenvalue weighted by Crippen LogP contribution is 2.19. The molecule has 0 aliphatic carbocycles. The molecule has 0 bridgehead atoms. The third-order valence-electron chi connectivity index (χ3n) is 2.79. The number of rotatable bonds is 6. The standard InChI is InChI=1S/C13H20N4O/c1-16(2)6-4-8-18-12-5-3-7-17-11(9-14)10-15-13(12)17/h3,5,7,10H,4,6,8-9,14H2,1-2H3. The van der Waals surface area contributed by atoms with Gasteiger partial charge in [0.25, 0.3) is 0 Å². The smallest absolute Gasteiger partial charge is 0.179 e. The van der Waals surface area contributed by atoms with Gasteiger partial charge in [0.15, 0.2) is 11.4 Å². The van der Waals surface area contributed by atoms with Crippen LogP contribution in [0.3, 0.4) is 0 Å². The van der Waals surface area contributed by atoms with E-state index in [2.05, 4.69) is 24.0 Å². The highest BCUT2D eigenvalue weighted by molar-refractivity contribution is 5.54. The van der Waals surface area contributed by atoms with Crippen molar-refractivity contribution in [2.24, 2.45) is 5.73 Å². The van der Waals surface area contributed by atoms with Crippen molar-refractivity contribution in [1.29, 1.82) is 0 Å². The van der Waals surface area contributed by atoms with E-state index in [0.29, 0.717) is 13.2 Å². The molecular formula is C13H20N4O. The molecule has 0 fully saturated rings. The lowest BCUT2D eigenvalue weighted by molar-refractivity contribution is 0.283. The number of hydrogen-bond acceptors (Lipinski definition) is 4. The quantitative estimate of drug-likeness (QED) is 0.778. The number of imidazole rings is 1. The maximum Gasteiger partial charge on any atom is 0.179 e. The number of nitrogens with zero attached hydrogens (tertiary/aromatic N) is 3. The Morgan fingerprint density at radius 2 is 2.28 bits per heavy atom. The summed E-state index contributed by atoms with van der Waals surface area (Å²) in [6, 6.07) is 3.90. The second-order valence-corrected chi connectivity index (χ2v) is 4.52. The average molecular weight is 248 g/mol. The summed E-state index contributed by atoms with van der Waals surface area (Å²) >= 11 is 0. The van der Waals surface area contributed by atoms with Crippen LogP contribution in [0, 0.1) is 0 Å². The minimum Gasteiger partial charge on any atom is -0.490 e. The van der Waals surface area contributed by atoms with Crippen LogP contribution in [0.2, 0.25) is 0 Å². The molecule has 0 aliphatic heterocycles. The van der Waals surface area contributed by atoms with Gasteiger partial charge in [-0.3, -0.25) is 4.40 Å². The predicted octanol–water partition coefficient (Wildman–Crippen LogP) is 1.12. The van der Waals surface area contributed by atoms with Gasteiger partial charge in [-0.05, 0) is 32.6 Å². The van der Waals surface area contributed by atoms with Crippen molar-refractivity contribution in [1.82, 2.24) is 14.3 Å². The first-order valence-electron chi connectivity index (χ1n) is 6.15. The van der Waals surface area contributed by atoms with Crippen LogP contribution < -0.4 is 10.5 Å². The SMILES string of the molecule is CN(C)CCCOc1cccn2c(CN)cnc12. The van der Waals surface area contributed by atoms with Gasteiger partial charge in [-0.1, -0.05) is 0 Å². The molecule has 2 N–H and O–H groups in total. The van der Waals surface area contributed by atoms with Crippen molar-refractivity contribution in [2.45, 2.75) is 13.0 Å². The van der Waals surface area contributed by atoms with Crippen LogP contribution in [0.15, 0.2) is 24.5 Å². The molecule has 2 heterocycles. The molecule has 0 saturated heterocycles. The molecule has 2 aromatic rings. The summed E-state index contributed by atoms with van der Waals surface area (Å²) in [6.07, 6.45) is 4.75. The molecule has 0 unspecified atom stereocenters. The Labute approximate surface area is 107 Å². The molecule has 2 rings (SSSR count). The first-order valence-corrected chi connectivity index (χ1v) is 6.15. The second-order valence-electron chi connectivity index (χ2n) is 4.52. The summed E-state index contributed by atoms with van der Waals surface area (Å²) in [5, 5.41) is 0. The summed E-state index contributed by atoms with van der Waals surface area (Å²) in [4.78, 5) is 6.50. The highest BCUT2D eigenvalue weighted by Gasteiger charge is 2.06. The average Bonchev–Trinajstić information content (AvgIpc) is 2.78. The molecule has 0 atom stereocenters. The zero-order valence-corrected chi connectivity index (χ0v) is 11.0. The van der Waals surface area contributed by atoms with Crippen LogP contribution in [0.1, 0.15) is 12.1 Å². The fourth-order valence-corrected chi connectivity index (χ4v) is 1.86. The topological polar surface area (TPSA) is 55.8 Å². The fraction of sp³-hybridized carbons (Fsp3) is 0.462. The number of aromatic nitrogens is 2. The largest absolute Gasteiger partial charge is 0.490 e. The molecule has 0 aromatic carbocycles. The molecule has 0 radical (unpaired) electrons. The Hall–Kier alpha value is -1.59. The lowest BCUT2D eigenvalue weighted by Crippen LogP contribution is -2.15. The summed E-state index contributed by atoms with van der Waals surface area (Å²) in [7, 11) is 4.12. The summed E-state index contributed by atoms with van der Waals surface area (Å²) in [5.41, 5.74) is 7.48. The van der Waals surface area contributed by atoms with Crippen LogP contribution in [0.25, 0.3) is 5.65 Å². The second kappa shape index (κ2) is 5.84. The first-order chi connectivity index (χ1) is 8.72. The number of nitrogens with two attached hydrogens (primary N) is 1. The van der Waals surface area contributed by atoms with Crippen molar-refractivity contribution in [3.05, 3.63) is 30.2 Å². The van der Waals surface area contributed by atoms with Gasteiger partial charge in [0.05, 0.1) is 18.5 Å². The molecular weight excluding hydrogens is 228 g/mol. The van der Waals surface area contributed by atoms with E-state index in [0.717, 1.165) is 30.1 Å². The molecule has 5 heteroatoms. The molecule has 2 aromatic heterocycles. The summed E-state index contributed by atoms with van der Waals surface area (Å²) < 4.78 is 7.75. The van der Waals surface area contributed by atoms with E-state index in [1.165, 1.54) is 0 Å². The highest BCUT2D eigenvalue weighted by atomic mass is 16.5.